The molecule has 1 heterocycles. The number of halogens is 1. The third-order valence-corrected chi connectivity index (χ3v) is 2.42. The SMILES string of the molecule is CCOC(=O)c1nc(COc2ccccc2Cl)no1. The summed E-state index contributed by atoms with van der Waals surface area (Å²) in [5.74, 6) is -0.103. The summed E-state index contributed by atoms with van der Waals surface area (Å²) < 4.78 is 14.9. The summed E-state index contributed by atoms with van der Waals surface area (Å²) in [6.45, 7) is 1.98. The van der Waals surface area contributed by atoms with Gasteiger partial charge in [-0.15, -0.1) is 0 Å². The van der Waals surface area contributed by atoms with Gasteiger partial charge in [-0.3, -0.25) is 0 Å². The predicted octanol–water partition coefficient (Wildman–Crippen LogP) is 2.48. The molecule has 0 saturated carbocycles. The van der Waals surface area contributed by atoms with E-state index in [1.54, 1.807) is 31.2 Å². The van der Waals surface area contributed by atoms with Crippen LogP contribution in [0.4, 0.5) is 0 Å². The number of rotatable bonds is 5. The molecule has 0 aliphatic carbocycles. The Morgan fingerprint density at radius 3 is 2.95 bits per heavy atom. The van der Waals surface area contributed by atoms with Crippen molar-refractivity contribution in [1.82, 2.24) is 10.1 Å². The Morgan fingerprint density at radius 1 is 1.42 bits per heavy atom. The van der Waals surface area contributed by atoms with Gasteiger partial charge in [0.2, 0.25) is 5.82 Å². The molecule has 0 spiro atoms. The highest BCUT2D eigenvalue weighted by molar-refractivity contribution is 6.32. The highest BCUT2D eigenvalue weighted by atomic mass is 35.5. The molecule has 1 aromatic carbocycles. The van der Waals surface area contributed by atoms with Crippen LogP contribution in [0.3, 0.4) is 0 Å². The number of hydrogen-bond donors (Lipinski definition) is 0. The molecule has 0 atom stereocenters. The van der Waals surface area contributed by atoms with Gasteiger partial charge >= 0.3 is 11.9 Å². The average Bonchev–Trinajstić information content (AvgIpc) is 2.87. The maximum Gasteiger partial charge on any atom is 0.397 e. The molecule has 19 heavy (non-hydrogen) atoms. The number of carbonyl (C=O) groups is 1. The highest BCUT2D eigenvalue weighted by Gasteiger charge is 2.16. The zero-order valence-corrected chi connectivity index (χ0v) is 10.9. The van der Waals surface area contributed by atoms with Gasteiger partial charge in [-0.1, -0.05) is 28.9 Å². The summed E-state index contributed by atoms with van der Waals surface area (Å²) in [5, 5.41) is 4.09. The fraction of sp³-hybridized carbons (Fsp3) is 0.250. The van der Waals surface area contributed by atoms with Gasteiger partial charge in [0.25, 0.3) is 0 Å². The van der Waals surface area contributed by atoms with Crippen LogP contribution < -0.4 is 4.74 Å². The van der Waals surface area contributed by atoms with E-state index in [2.05, 4.69) is 10.1 Å². The maximum atomic E-state index is 11.3. The molecular weight excluding hydrogens is 272 g/mol. The van der Waals surface area contributed by atoms with E-state index in [4.69, 9.17) is 25.6 Å². The molecule has 0 aliphatic heterocycles. The Bertz CT molecular complexity index is 570. The van der Waals surface area contributed by atoms with Crippen LogP contribution in [0.1, 0.15) is 23.4 Å². The number of esters is 1. The Hall–Kier alpha value is -2.08. The topological polar surface area (TPSA) is 74.5 Å². The molecule has 2 aromatic rings. The molecule has 2 rings (SSSR count). The first kappa shape index (κ1) is 13.4. The van der Waals surface area contributed by atoms with E-state index in [-0.39, 0.29) is 24.9 Å². The summed E-state index contributed by atoms with van der Waals surface area (Å²) >= 11 is 5.92. The summed E-state index contributed by atoms with van der Waals surface area (Å²) in [6, 6.07) is 7.01. The molecule has 7 heteroatoms. The number of aromatic nitrogens is 2. The molecule has 0 bridgehead atoms. The molecule has 6 nitrogen and oxygen atoms in total. The second-order valence-electron chi connectivity index (χ2n) is 3.46. The number of benzene rings is 1. The van der Waals surface area contributed by atoms with Gasteiger partial charge in [-0.05, 0) is 19.1 Å². The summed E-state index contributed by atoms with van der Waals surface area (Å²) in [7, 11) is 0. The minimum Gasteiger partial charge on any atom is -0.484 e. The van der Waals surface area contributed by atoms with Crippen molar-refractivity contribution in [2.45, 2.75) is 13.5 Å². The maximum absolute atomic E-state index is 11.3. The largest absolute Gasteiger partial charge is 0.484 e. The monoisotopic (exact) mass is 282 g/mol. The van der Waals surface area contributed by atoms with E-state index >= 15 is 0 Å². The van der Waals surface area contributed by atoms with E-state index in [0.29, 0.717) is 10.8 Å². The Labute approximate surface area is 114 Å². The van der Waals surface area contributed by atoms with Gasteiger partial charge in [0.15, 0.2) is 6.61 Å². The molecular formula is C12H11ClN2O4. The molecule has 0 fully saturated rings. The van der Waals surface area contributed by atoms with E-state index in [0.717, 1.165) is 0 Å². The Morgan fingerprint density at radius 2 is 2.21 bits per heavy atom. The van der Waals surface area contributed by atoms with Gasteiger partial charge in [0.05, 0.1) is 11.6 Å². The lowest BCUT2D eigenvalue weighted by atomic mass is 10.3. The van der Waals surface area contributed by atoms with Crippen LogP contribution in [0, 0.1) is 0 Å². The first-order valence-corrected chi connectivity index (χ1v) is 5.95. The van der Waals surface area contributed by atoms with Crippen molar-refractivity contribution >= 4 is 17.6 Å². The molecule has 0 saturated heterocycles. The first-order chi connectivity index (χ1) is 9.20. The normalized spacial score (nSPS) is 10.2. The average molecular weight is 283 g/mol. The lowest BCUT2D eigenvalue weighted by Gasteiger charge is -2.04. The number of hydrogen-bond acceptors (Lipinski definition) is 6. The van der Waals surface area contributed by atoms with Crippen LogP contribution in [-0.4, -0.2) is 22.7 Å². The van der Waals surface area contributed by atoms with Crippen molar-refractivity contribution in [2.75, 3.05) is 6.61 Å². The Kier molecular flexibility index (Phi) is 4.35. The fourth-order valence-corrected chi connectivity index (χ4v) is 1.48. The number of ether oxygens (including phenoxy) is 2. The minimum atomic E-state index is -0.654. The van der Waals surface area contributed by atoms with Crippen molar-refractivity contribution < 1.29 is 18.8 Å². The van der Waals surface area contributed by atoms with Crippen LogP contribution in [-0.2, 0) is 11.3 Å². The highest BCUT2D eigenvalue weighted by Crippen LogP contribution is 2.23. The van der Waals surface area contributed by atoms with Crippen molar-refractivity contribution in [3.05, 3.63) is 41.0 Å². The van der Waals surface area contributed by atoms with Crippen molar-refractivity contribution in [3.63, 3.8) is 0 Å². The van der Waals surface area contributed by atoms with Crippen LogP contribution in [0.15, 0.2) is 28.8 Å². The lowest BCUT2D eigenvalue weighted by Crippen LogP contribution is -2.05. The van der Waals surface area contributed by atoms with E-state index in [1.165, 1.54) is 0 Å². The summed E-state index contributed by atoms with van der Waals surface area (Å²) in [4.78, 5) is 15.2. The standard InChI is InChI=1S/C12H11ClN2O4/c1-2-17-12(16)11-14-10(15-19-11)7-18-9-6-4-3-5-8(9)13/h3-6H,2,7H2,1H3. The first-order valence-electron chi connectivity index (χ1n) is 5.57. The molecule has 0 N–H and O–H groups in total. The van der Waals surface area contributed by atoms with Crippen molar-refractivity contribution in [1.29, 1.82) is 0 Å². The van der Waals surface area contributed by atoms with Gasteiger partial charge < -0.3 is 14.0 Å². The molecule has 1 aromatic heterocycles. The smallest absolute Gasteiger partial charge is 0.397 e. The minimum absolute atomic E-state index is 0.0483. The van der Waals surface area contributed by atoms with Gasteiger partial charge in [0, 0.05) is 0 Å². The Balaban J connectivity index is 1.97. The molecule has 0 radical (unpaired) electrons. The fourth-order valence-electron chi connectivity index (χ4n) is 1.29. The third-order valence-electron chi connectivity index (χ3n) is 2.11. The second kappa shape index (κ2) is 6.19. The molecule has 100 valence electrons. The van der Waals surface area contributed by atoms with E-state index in [9.17, 15) is 4.79 Å². The van der Waals surface area contributed by atoms with Crippen LogP contribution in [0.25, 0.3) is 0 Å². The predicted molar refractivity (Wildman–Crippen MR) is 66.0 cm³/mol. The van der Waals surface area contributed by atoms with Gasteiger partial charge in [-0.2, -0.15) is 4.98 Å². The second-order valence-corrected chi connectivity index (χ2v) is 3.86. The summed E-state index contributed by atoms with van der Waals surface area (Å²) in [6.07, 6.45) is 0. The van der Waals surface area contributed by atoms with Crippen molar-refractivity contribution in [3.8, 4) is 5.75 Å². The quantitative estimate of drug-likeness (QED) is 0.784. The third kappa shape index (κ3) is 3.45. The summed E-state index contributed by atoms with van der Waals surface area (Å²) in [5.41, 5.74) is 0. The van der Waals surface area contributed by atoms with Gasteiger partial charge in [0.1, 0.15) is 5.75 Å². The van der Waals surface area contributed by atoms with E-state index < -0.39 is 5.97 Å². The van der Waals surface area contributed by atoms with Crippen LogP contribution >= 0.6 is 11.6 Å². The molecule has 0 unspecified atom stereocenters. The number of para-hydroxylation sites is 1. The number of nitrogens with zero attached hydrogens (tertiary/aromatic N) is 2. The van der Waals surface area contributed by atoms with Gasteiger partial charge in [-0.25, -0.2) is 4.79 Å². The van der Waals surface area contributed by atoms with E-state index in [1.807, 2.05) is 0 Å². The molecule has 0 aliphatic rings. The lowest BCUT2D eigenvalue weighted by molar-refractivity contribution is 0.0470. The molecule has 0 amide bonds. The zero-order valence-electron chi connectivity index (χ0n) is 10.1. The zero-order chi connectivity index (χ0) is 13.7. The van der Waals surface area contributed by atoms with Crippen LogP contribution in [0.2, 0.25) is 5.02 Å². The van der Waals surface area contributed by atoms with Crippen molar-refractivity contribution in [2.24, 2.45) is 0 Å². The number of carbonyl (C=O) groups excluding carboxylic acids is 1. The van der Waals surface area contributed by atoms with Crippen LogP contribution in [0.5, 0.6) is 5.75 Å².